The molecule has 0 saturated heterocycles. The number of rotatable bonds is 0. The first kappa shape index (κ1) is 10.5. The van der Waals surface area contributed by atoms with Crippen molar-refractivity contribution in [1.29, 1.82) is 0 Å². The molecule has 0 bridgehead atoms. The van der Waals surface area contributed by atoms with Gasteiger partial charge in [0.05, 0.1) is 28.3 Å². The Morgan fingerprint density at radius 2 is 1.84 bits per heavy atom. The van der Waals surface area contributed by atoms with Gasteiger partial charge in [-0.2, -0.15) is 0 Å². The Morgan fingerprint density at radius 1 is 1.00 bits per heavy atom. The maximum Gasteiger partial charge on any atom is 0.123 e. The molecule has 19 heavy (non-hydrogen) atoms. The van der Waals surface area contributed by atoms with Crippen LogP contribution in [0.2, 0.25) is 0 Å². The van der Waals surface area contributed by atoms with Crippen LogP contribution in [-0.4, -0.2) is 9.38 Å². The van der Waals surface area contributed by atoms with Crippen LogP contribution in [0.25, 0.3) is 27.5 Å². The molecule has 0 N–H and O–H groups in total. The molecule has 2 heterocycles. The second kappa shape index (κ2) is 3.54. The van der Waals surface area contributed by atoms with Gasteiger partial charge < -0.3 is 4.40 Å². The number of aryl methyl sites for hydroxylation is 1. The van der Waals surface area contributed by atoms with Crippen molar-refractivity contribution in [3.05, 3.63) is 60.0 Å². The van der Waals surface area contributed by atoms with E-state index in [0.29, 0.717) is 0 Å². The zero-order chi connectivity index (χ0) is 13.0. The van der Waals surface area contributed by atoms with E-state index in [1.165, 1.54) is 6.07 Å². The van der Waals surface area contributed by atoms with Crippen molar-refractivity contribution in [3.63, 3.8) is 0 Å². The average Bonchev–Trinajstić information content (AvgIpc) is 2.72. The number of hydrogen-bond donors (Lipinski definition) is 0. The van der Waals surface area contributed by atoms with E-state index in [-0.39, 0.29) is 5.82 Å². The van der Waals surface area contributed by atoms with Gasteiger partial charge in [0.2, 0.25) is 0 Å². The summed E-state index contributed by atoms with van der Waals surface area (Å²) in [5.74, 6) is -0.205. The number of hydrogen-bond acceptors (Lipinski definition) is 1. The minimum atomic E-state index is -0.205. The van der Waals surface area contributed by atoms with E-state index < -0.39 is 0 Å². The van der Waals surface area contributed by atoms with Crippen LogP contribution in [-0.2, 0) is 0 Å². The van der Waals surface area contributed by atoms with Crippen molar-refractivity contribution in [3.8, 4) is 0 Å². The smallest absolute Gasteiger partial charge is 0.123 e. The number of fused-ring (bicyclic) bond motifs is 5. The Labute approximate surface area is 109 Å². The lowest BCUT2D eigenvalue weighted by molar-refractivity contribution is 0.629. The third kappa shape index (κ3) is 1.32. The molecule has 2 aromatic carbocycles. The minimum Gasteiger partial charge on any atom is -0.306 e. The average molecular weight is 250 g/mol. The second-order valence-electron chi connectivity index (χ2n) is 4.75. The molecule has 92 valence electrons. The lowest BCUT2D eigenvalue weighted by Gasteiger charge is -2.03. The van der Waals surface area contributed by atoms with E-state index in [2.05, 4.69) is 9.38 Å². The fourth-order valence-electron chi connectivity index (χ4n) is 2.75. The summed E-state index contributed by atoms with van der Waals surface area (Å²) in [6.07, 6.45) is 1.86. The van der Waals surface area contributed by atoms with Crippen LogP contribution in [0.5, 0.6) is 0 Å². The van der Waals surface area contributed by atoms with Gasteiger partial charge in [-0.05, 0) is 42.8 Å². The molecule has 0 fully saturated rings. The predicted octanol–water partition coefficient (Wildman–Crippen LogP) is 4.09. The van der Waals surface area contributed by atoms with Crippen molar-refractivity contribution in [2.45, 2.75) is 6.92 Å². The Morgan fingerprint density at radius 3 is 2.74 bits per heavy atom. The maximum absolute atomic E-state index is 13.4. The molecular formula is C16H11FN2. The quantitative estimate of drug-likeness (QED) is 0.459. The number of nitrogens with zero attached hydrogens (tertiary/aromatic N) is 2. The van der Waals surface area contributed by atoms with Gasteiger partial charge in [0.15, 0.2) is 0 Å². The summed E-state index contributed by atoms with van der Waals surface area (Å²) in [4.78, 5) is 4.47. The summed E-state index contributed by atoms with van der Waals surface area (Å²) in [5.41, 5.74) is 5.10. The van der Waals surface area contributed by atoms with Gasteiger partial charge in [-0.15, -0.1) is 0 Å². The van der Waals surface area contributed by atoms with Crippen molar-refractivity contribution in [2.24, 2.45) is 0 Å². The minimum absolute atomic E-state index is 0.205. The first-order chi connectivity index (χ1) is 9.25. The van der Waals surface area contributed by atoms with Crippen LogP contribution < -0.4 is 0 Å². The SMILES string of the molecule is Cc1c2cc(F)ccc2n2c1cnc1ccccc12. The molecule has 0 saturated carbocycles. The summed E-state index contributed by atoms with van der Waals surface area (Å²) in [7, 11) is 0. The molecule has 2 nitrogen and oxygen atoms in total. The Bertz CT molecular complexity index is 938. The highest BCUT2D eigenvalue weighted by Gasteiger charge is 2.11. The van der Waals surface area contributed by atoms with Crippen molar-refractivity contribution >= 4 is 27.5 Å². The van der Waals surface area contributed by atoms with Gasteiger partial charge in [-0.3, -0.25) is 4.98 Å². The van der Waals surface area contributed by atoms with Gasteiger partial charge in [0.25, 0.3) is 0 Å². The van der Waals surface area contributed by atoms with Crippen molar-refractivity contribution in [2.75, 3.05) is 0 Å². The van der Waals surface area contributed by atoms with E-state index >= 15 is 0 Å². The fraction of sp³-hybridized carbons (Fsp3) is 0.0625. The van der Waals surface area contributed by atoms with E-state index in [0.717, 1.165) is 33.0 Å². The van der Waals surface area contributed by atoms with Crippen molar-refractivity contribution < 1.29 is 4.39 Å². The molecule has 2 aromatic heterocycles. The number of halogens is 1. The van der Waals surface area contributed by atoms with E-state index in [9.17, 15) is 4.39 Å². The molecule has 0 spiro atoms. The molecular weight excluding hydrogens is 239 g/mol. The molecule has 0 unspecified atom stereocenters. The number of aromatic nitrogens is 2. The van der Waals surface area contributed by atoms with Crippen LogP contribution in [0.1, 0.15) is 5.56 Å². The first-order valence-corrected chi connectivity index (χ1v) is 6.20. The molecule has 4 aromatic rings. The largest absolute Gasteiger partial charge is 0.306 e. The number of para-hydroxylation sites is 2. The van der Waals surface area contributed by atoms with E-state index in [1.54, 1.807) is 6.07 Å². The van der Waals surface area contributed by atoms with Gasteiger partial charge >= 0.3 is 0 Å². The molecule has 0 atom stereocenters. The monoisotopic (exact) mass is 250 g/mol. The standard InChI is InChI=1S/C16H11FN2/c1-10-12-8-11(17)6-7-14(12)19-15-5-3-2-4-13(15)18-9-16(10)19/h2-9H,1H3. The predicted molar refractivity (Wildman–Crippen MR) is 74.9 cm³/mol. The molecule has 0 amide bonds. The summed E-state index contributed by atoms with van der Waals surface area (Å²) in [6, 6.07) is 12.9. The highest BCUT2D eigenvalue weighted by molar-refractivity contribution is 5.96. The summed E-state index contributed by atoms with van der Waals surface area (Å²) >= 11 is 0. The second-order valence-corrected chi connectivity index (χ2v) is 4.75. The zero-order valence-electron chi connectivity index (χ0n) is 10.4. The summed E-state index contributed by atoms with van der Waals surface area (Å²) in [6.45, 7) is 2.01. The normalized spacial score (nSPS) is 11.7. The highest BCUT2D eigenvalue weighted by atomic mass is 19.1. The topological polar surface area (TPSA) is 17.3 Å². The molecule has 0 aliphatic heterocycles. The van der Waals surface area contributed by atoms with Crippen LogP contribution in [0, 0.1) is 12.7 Å². The van der Waals surface area contributed by atoms with Gasteiger partial charge in [-0.1, -0.05) is 12.1 Å². The third-order valence-corrected chi connectivity index (χ3v) is 3.68. The molecule has 0 aliphatic rings. The van der Waals surface area contributed by atoms with Crippen LogP contribution in [0.3, 0.4) is 0 Å². The molecule has 0 radical (unpaired) electrons. The summed E-state index contributed by atoms with van der Waals surface area (Å²) in [5, 5.41) is 0.943. The summed E-state index contributed by atoms with van der Waals surface area (Å²) < 4.78 is 15.6. The molecule has 4 rings (SSSR count). The van der Waals surface area contributed by atoms with Gasteiger partial charge in [0.1, 0.15) is 5.82 Å². The van der Waals surface area contributed by atoms with Crippen LogP contribution in [0.15, 0.2) is 48.7 Å². The number of benzene rings is 2. The maximum atomic E-state index is 13.4. The molecule has 3 heteroatoms. The molecule has 0 aliphatic carbocycles. The third-order valence-electron chi connectivity index (χ3n) is 3.68. The first-order valence-electron chi connectivity index (χ1n) is 6.20. The van der Waals surface area contributed by atoms with Gasteiger partial charge in [0, 0.05) is 5.39 Å². The fourth-order valence-corrected chi connectivity index (χ4v) is 2.75. The van der Waals surface area contributed by atoms with E-state index in [4.69, 9.17) is 0 Å². The lowest BCUT2D eigenvalue weighted by atomic mass is 10.2. The van der Waals surface area contributed by atoms with Crippen molar-refractivity contribution in [1.82, 2.24) is 9.38 Å². The Hall–Kier alpha value is -2.42. The highest BCUT2D eigenvalue weighted by Crippen LogP contribution is 2.29. The Balaban J connectivity index is 2.37. The zero-order valence-corrected chi connectivity index (χ0v) is 10.4. The van der Waals surface area contributed by atoms with Gasteiger partial charge in [-0.25, -0.2) is 4.39 Å². The van der Waals surface area contributed by atoms with Crippen LogP contribution >= 0.6 is 0 Å². The van der Waals surface area contributed by atoms with Crippen LogP contribution in [0.4, 0.5) is 4.39 Å². The Kier molecular flexibility index (Phi) is 1.96. The van der Waals surface area contributed by atoms with E-state index in [1.807, 2.05) is 43.5 Å². The lowest BCUT2D eigenvalue weighted by Crippen LogP contribution is -1.90.